The van der Waals surface area contributed by atoms with Gasteiger partial charge in [-0.1, -0.05) is 17.7 Å². The largest absolute Gasteiger partial charge is 0.478 e. The van der Waals surface area contributed by atoms with Gasteiger partial charge in [0, 0.05) is 0 Å². The van der Waals surface area contributed by atoms with E-state index in [2.05, 4.69) is 0 Å². The molecule has 2 aromatic carbocycles. The summed E-state index contributed by atoms with van der Waals surface area (Å²) < 4.78 is 66.6. The van der Waals surface area contributed by atoms with Crippen molar-refractivity contribution in [3.8, 4) is 0 Å². The number of carbonyl (C=O) groups is 1. The highest BCUT2D eigenvalue weighted by atomic mass is 35.5. The molecule has 1 aliphatic rings. The van der Waals surface area contributed by atoms with Gasteiger partial charge >= 0.3 is 12.1 Å². The lowest BCUT2D eigenvalue weighted by molar-refractivity contribution is -0.367. The van der Waals surface area contributed by atoms with E-state index in [1.54, 1.807) is 0 Å². The third-order valence-corrected chi connectivity index (χ3v) is 4.02. The van der Waals surface area contributed by atoms with E-state index >= 15 is 0 Å². The van der Waals surface area contributed by atoms with E-state index in [4.69, 9.17) is 16.7 Å². The Balaban J connectivity index is 1.92. The first-order valence-electron chi connectivity index (χ1n) is 7.02. The predicted molar refractivity (Wildman–Crippen MR) is 83.7 cm³/mol. The molecule has 0 atom stereocenters. The maximum atomic E-state index is 13.9. The molecular formula is C17H8ClF5NO2+. The lowest BCUT2D eigenvalue weighted by Crippen LogP contribution is -2.16. The third-order valence-electron chi connectivity index (χ3n) is 3.69. The number of carboxylic acids is 1. The summed E-state index contributed by atoms with van der Waals surface area (Å²) in [6, 6.07) is 4.57. The fourth-order valence-corrected chi connectivity index (χ4v) is 2.61. The summed E-state index contributed by atoms with van der Waals surface area (Å²) in [5, 5.41) is 9.07. The molecule has 9 heteroatoms. The van der Waals surface area contributed by atoms with Crippen LogP contribution in [0, 0.1) is 11.6 Å². The molecule has 0 spiro atoms. The number of allylic oxidation sites excluding steroid dienone is 1. The first kappa shape index (κ1) is 18.1. The number of aromatic carboxylic acids is 1. The summed E-state index contributed by atoms with van der Waals surface area (Å²) in [6.45, 7) is 0. The van der Waals surface area contributed by atoms with Crippen LogP contribution in [0.1, 0.15) is 21.5 Å². The van der Waals surface area contributed by atoms with Crippen molar-refractivity contribution in [2.45, 2.75) is 6.18 Å². The monoisotopic (exact) mass is 388 g/mol. The van der Waals surface area contributed by atoms with Gasteiger partial charge in [0.2, 0.25) is 0 Å². The van der Waals surface area contributed by atoms with Crippen LogP contribution in [0.5, 0.6) is 0 Å². The molecule has 0 aliphatic carbocycles. The summed E-state index contributed by atoms with van der Waals surface area (Å²) in [5.74, 6) is -3.98. The van der Waals surface area contributed by atoms with E-state index in [0.29, 0.717) is 11.1 Å². The summed E-state index contributed by atoms with van der Waals surface area (Å²) >= 11 is 5.76. The number of nitrogens with zero attached hydrogens (tertiary/aromatic N) is 1. The van der Waals surface area contributed by atoms with E-state index in [-0.39, 0.29) is 22.7 Å². The molecule has 0 radical (unpaired) electrons. The van der Waals surface area contributed by atoms with E-state index in [1.807, 2.05) is 0 Å². The van der Waals surface area contributed by atoms with E-state index < -0.39 is 35.0 Å². The second-order valence-corrected chi connectivity index (χ2v) is 5.81. The Kier molecular flexibility index (Phi) is 4.31. The average molecular weight is 389 g/mol. The van der Waals surface area contributed by atoms with Gasteiger partial charge in [0.15, 0.2) is 24.0 Å². The van der Waals surface area contributed by atoms with Crippen LogP contribution in [-0.4, -0.2) is 21.9 Å². The average Bonchev–Trinajstić information content (AvgIpc) is 2.48. The van der Waals surface area contributed by atoms with Crippen LogP contribution >= 0.6 is 11.6 Å². The fourth-order valence-electron chi connectivity index (χ4n) is 2.41. The Morgan fingerprint density at radius 1 is 1.08 bits per heavy atom. The fraction of sp³-hybridized carbons (Fsp3) is 0.0588. The Bertz CT molecular complexity index is 972. The Labute approximate surface area is 148 Å². The van der Waals surface area contributed by atoms with Gasteiger partial charge in [-0.05, 0) is 29.8 Å². The first-order chi connectivity index (χ1) is 12.1. The maximum absolute atomic E-state index is 13.9. The molecule has 0 saturated carbocycles. The van der Waals surface area contributed by atoms with Gasteiger partial charge in [-0.15, -0.1) is 0 Å². The molecule has 0 amide bonds. The molecule has 134 valence electrons. The molecule has 2 aromatic rings. The second kappa shape index (κ2) is 6.21. The van der Waals surface area contributed by atoms with Crippen LogP contribution in [-0.2, 0) is 6.18 Å². The van der Waals surface area contributed by atoms with Crippen LogP contribution in [0.3, 0.4) is 0 Å². The zero-order valence-corrected chi connectivity index (χ0v) is 13.4. The van der Waals surface area contributed by atoms with Crippen molar-refractivity contribution in [1.82, 2.24) is 0 Å². The van der Waals surface area contributed by atoms with Crippen LogP contribution < -0.4 is 0 Å². The summed E-state index contributed by atoms with van der Waals surface area (Å²) in [5.41, 5.74) is -1.37. The van der Waals surface area contributed by atoms with Gasteiger partial charge in [-0.25, -0.2) is 4.79 Å². The van der Waals surface area contributed by atoms with Gasteiger partial charge in [0.1, 0.15) is 5.57 Å². The zero-order chi connectivity index (χ0) is 19.2. The molecule has 0 fully saturated rings. The Hall–Kier alpha value is -2.74. The van der Waals surface area contributed by atoms with E-state index in [9.17, 15) is 26.7 Å². The first-order valence-corrected chi connectivity index (χ1v) is 7.40. The quantitative estimate of drug-likeness (QED) is 0.586. The van der Waals surface area contributed by atoms with Crippen LogP contribution in [0.25, 0.3) is 5.57 Å². The van der Waals surface area contributed by atoms with Gasteiger partial charge in [-0.2, -0.15) is 26.5 Å². The Morgan fingerprint density at radius 2 is 1.65 bits per heavy atom. The molecule has 3 nitrogen and oxygen atoms in total. The summed E-state index contributed by atoms with van der Waals surface area (Å²) in [6.07, 6.45) is -2.33. The number of carboxylic acid groups (broad SMARTS) is 1. The van der Waals surface area contributed by atoms with Gasteiger partial charge in [-0.3, -0.25) is 0 Å². The minimum absolute atomic E-state index is 0.0258. The van der Waals surface area contributed by atoms with Crippen molar-refractivity contribution >= 4 is 35.0 Å². The number of benzene rings is 2. The third kappa shape index (κ3) is 3.20. The number of hydrogen-bond acceptors (Lipinski definition) is 1. The lowest BCUT2D eigenvalue weighted by Gasteiger charge is -2.12. The van der Waals surface area contributed by atoms with Crippen LogP contribution in [0.4, 0.5) is 27.6 Å². The summed E-state index contributed by atoms with van der Waals surface area (Å²) in [7, 11) is 0. The van der Waals surface area contributed by atoms with Crippen LogP contribution in [0.15, 0.2) is 36.5 Å². The topological polar surface area (TPSA) is 40.3 Å². The Morgan fingerprint density at radius 3 is 2.15 bits per heavy atom. The lowest BCUT2D eigenvalue weighted by atomic mass is 10.0. The molecule has 1 aliphatic heterocycles. The smallest absolute Gasteiger partial charge is 0.416 e. The molecule has 3 rings (SSSR count). The van der Waals surface area contributed by atoms with Crippen molar-refractivity contribution in [3.63, 3.8) is 0 Å². The van der Waals surface area contributed by atoms with Crippen molar-refractivity contribution < 1.29 is 36.4 Å². The van der Waals surface area contributed by atoms with Gasteiger partial charge < -0.3 is 5.11 Å². The molecule has 0 unspecified atom stereocenters. The van der Waals surface area contributed by atoms with Crippen molar-refractivity contribution in [1.29, 1.82) is 0 Å². The van der Waals surface area contributed by atoms with E-state index in [0.717, 1.165) is 4.58 Å². The van der Waals surface area contributed by atoms with E-state index in [1.165, 1.54) is 30.6 Å². The minimum atomic E-state index is -4.86. The molecule has 0 bridgehead atoms. The molecule has 1 heterocycles. The highest BCUT2D eigenvalue weighted by Crippen LogP contribution is 2.35. The van der Waals surface area contributed by atoms with Crippen molar-refractivity contribution in [3.05, 3.63) is 69.9 Å². The standard InChI is InChI=1S/C17H7ClF5NO2/c18-12-2-1-8(3-11(12)16(25)26)9-6-24(7-9)15-13(19)4-10(5-14(15)20)17(21,22)23/h1-7H/p+1. The minimum Gasteiger partial charge on any atom is -0.478 e. The molecule has 0 saturated heterocycles. The predicted octanol–water partition coefficient (Wildman–Crippen LogP) is 5.10. The maximum Gasteiger partial charge on any atom is 0.416 e. The van der Waals surface area contributed by atoms with Crippen LogP contribution in [0.2, 0.25) is 5.02 Å². The molecule has 26 heavy (non-hydrogen) atoms. The number of hydrogen-bond donors (Lipinski definition) is 1. The number of halogens is 6. The molecule has 1 N–H and O–H groups in total. The van der Waals surface area contributed by atoms with Crippen molar-refractivity contribution in [2.24, 2.45) is 0 Å². The SMILES string of the molecule is O=C(O)c1cc(C2=C[N+](c3c(F)cc(C(F)(F)F)cc3F)=C2)ccc1Cl. The number of rotatable bonds is 3. The second-order valence-electron chi connectivity index (χ2n) is 5.41. The normalized spacial score (nSPS) is 13.8. The molecular weight excluding hydrogens is 381 g/mol. The summed E-state index contributed by atoms with van der Waals surface area (Å²) in [4.78, 5) is 11.1. The van der Waals surface area contributed by atoms with Crippen molar-refractivity contribution in [2.75, 3.05) is 0 Å². The van der Waals surface area contributed by atoms with Gasteiger partial charge in [0.05, 0.1) is 16.1 Å². The highest BCUT2D eigenvalue weighted by Gasteiger charge is 2.36. The van der Waals surface area contributed by atoms with Gasteiger partial charge in [0.25, 0.3) is 5.69 Å². The zero-order valence-electron chi connectivity index (χ0n) is 12.6. The molecule has 0 aromatic heterocycles. The highest BCUT2D eigenvalue weighted by molar-refractivity contribution is 6.33. The number of alkyl halides is 3.